The van der Waals surface area contributed by atoms with E-state index in [1.165, 1.54) is 0 Å². The van der Waals surface area contributed by atoms with E-state index >= 15 is 0 Å². The highest BCUT2D eigenvalue weighted by Gasteiger charge is 2.18. The molecule has 2 N–H and O–H groups in total. The number of aromatic carboxylic acids is 1. The molecule has 0 fully saturated rings. The van der Waals surface area contributed by atoms with Crippen LogP contribution >= 0.6 is 27.5 Å². The minimum Gasteiger partial charge on any atom is -0.478 e. The van der Waals surface area contributed by atoms with Gasteiger partial charge < -0.3 is 10.4 Å². The van der Waals surface area contributed by atoms with Crippen LogP contribution in [-0.2, 0) is 0 Å². The summed E-state index contributed by atoms with van der Waals surface area (Å²) in [6.07, 6.45) is 0. The molecular formula is C12H11BrN2O2S. The van der Waals surface area contributed by atoms with Crippen molar-refractivity contribution >= 4 is 44.1 Å². The molecule has 0 atom stereocenters. The molecule has 0 aliphatic carbocycles. The van der Waals surface area contributed by atoms with Crippen molar-refractivity contribution in [2.75, 3.05) is 5.32 Å². The Kier molecular flexibility index (Phi) is 3.68. The van der Waals surface area contributed by atoms with Gasteiger partial charge in [-0.3, -0.25) is 0 Å². The van der Waals surface area contributed by atoms with Crippen molar-refractivity contribution in [3.8, 4) is 0 Å². The molecule has 0 saturated carbocycles. The summed E-state index contributed by atoms with van der Waals surface area (Å²) in [6.45, 7) is 3.67. The molecule has 0 bridgehead atoms. The number of carboxylic acids is 1. The number of carboxylic acid groups (broad SMARTS) is 1. The van der Waals surface area contributed by atoms with E-state index in [0.717, 1.165) is 27.3 Å². The fraction of sp³-hybridized carbons (Fsp3) is 0.167. The normalized spacial score (nSPS) is 10.4. The monoisotopic (exact) mass is 326 g/mol. The first-order valence-electron chi connectivity index (χ1n) is 5.22. The lowest BCUT2D eigenvalue weighted by Crippen LogP contribution is -2.01. The predicted molar refractivity (Wildman–Crippen MR) is 76.0 cm³/mol. The van der Waals surface area contributed by atoms with E-state index in [9.17, 15) is 4.79 Å². The number of rotatable bonds is 3. The van der Waals surface area contributed by atoms with Crippen LogP contribution < -0.4 is 5.32 Å². The summed E-state index contributed by atoms with van der Waals surface area (Å²) in [6, 6.07) is 5.78. The van der Waals surface area contributed by atoms with Gasteiger partial charge in [0.2, 0.25) is 0 Å². The molecule has 0 aliphatic rings. The maximum Gasteiger partial charge on any atom is 0.340 e. The summed E-state index contributed by atoms with van der Waals surface area (Å²) in [7, 11) is 0. The molecule has 0 radical (unpaired) electrons. The molecule has 18 heavy (non-hydrogen) atoms. The quantitative estimate of drug-likeness (QED) is 0.896. The summed E-state index contributed by atoms with van der Waals surface area (Å²) in [5, 5.41) is 12.8. The summed E-state index contributed by atoms with van der Waals surface area (Å²) in [5.41, 5.74) is 2.67. The molecule has 0 amide bonds. The highest BCUT2D eigenvalue weighted by Crippen LogP contribution is 2.33. The summed E-state index contributed by atoms with van der Waals surface area (Å²) in [5.74, 6) is -0.965. The van der Waals surface area contributed by atoms with Crippen molar-refractivity contribution in [3.63, 3.8) is 0 Å². The molecule has 1 aromatic carbocycles. The Morgan fingerprint density at radius 3 is 2.83 bits per heavy atom. The van der Waals surface area contributed by atoms with Crippen molar-refractivity contribution in [1.82, 2.24) is 4.37 Å². The first kappa shape index (κ1) is 13.0. The number of aryl methyl sites for hydroxylation is 2. The molecule has 6 heteroatoms. The maximum absolute atomic E-state index is 11.2. The fourth-order valence-corrected chi connectivity index (χ4v) is 2.74. The second-order valence-electron chi connectivity index (χ2n) is 3.84. The van der Waals surface area contributed by atoms with E-state index in [1.54, 1.807) is 6.92 Å². The van der Waals surface area contributed by atoms with Gasteiger partial charge in [0.15, 0.2) is 0 Å². The van der Waals surface area contributed by atoms with Crippen LogP contribution in [0.5, 0.6) is 0 Å². The van der Waals surface area contributed by atoms with E-state index in [0.29, 0.717) is 10.7 Å². The van der Waals surface area contributed by atoms with E-state index in [1.807, 2.05) is 25.1 Å². The van der Waals surface area contributed by atoms with E-state index in [4.69, 9.17) is 5.11 Å². The first-order chi connectivity index (χ1) is 8.50. The second-order valence-corrected chi connectivity index (χ2v) is 5.41. The smallest absolute Gasteiger partial charge is 0.340 e. The number of aromatic nitrogens is 1. The van der Waals surface area contributed by atoms with Crippen LogP contribution in [0.3, 0.4) is 0 Å². The molecule has 0 saturated heterocycles. The Bertz CT molecular complexity index is 610. The lowest BCUT2D eigenvalue weighted by molar-refractivity contribution is 0.0697. The van der Waals surface area contributed by atoms with Gasteiger partial charge in [-0.1, -0.05) is 12.1 Å². The number of benzene rings is 1. The highest BCUT2D eigenvalue weighted by atomic mass is 79.9. The van der Waals surface area contributed by atoms with Crippen molar-refractivity contribution in [3.05, 3.63) is 39.5 Å². The first-order valence-corrected chi connectivity index (χ1v) is 6.79. The zero-order valence-electron chi connectivity index (χ0n) is 9.82. The minimum atomic E-state index is -0.965. The molecule has 0 spiro atoms. The van der Waals surface area contributed by atoms with Gasteiger partial charge in [-0.15, -0.1) is 0 Å². The SMILES string of the molecule is Cc1cccc(Nc2snc(C)c2C(=O)O)c1Br. The van der Waals surface area contributed by atoms with Crippen LogP contribution in [0.15, 0.2) is 22.7 Å². The number of halogens is 1. The third-order valence-corrected chi connectivity index (χ3v) is 4.42. The Hall–Kier alpha value is -1.40. The Morgan fingerprint density at radius 2 is 2.17 bits per heavy atom. The lowest BCUT2D eigenvalue weighted by atomic mass is 10.2. The van der Waals surface area contributed by atoms with Crippen molar-refractivity contribution < 1.29 is 9.90 Å². The Labute approximate surface area is 117 Å². The van der Waals surface area contributed by atoms with Gasteiger partial charge in [-0.05, 0) is 52.9 Å². The van der Waals surface area contributed by atoms with Crippen molar-refractivity contribution in [2.45, 2.75) is 13.8 Å². The number of nitrogens with one attached hydrogen (secondary N) is 1. The van der Waals surface area contributed by atoms with Crippen LogP contribution in [0.2, 0.25) is 0 Å². The average Bonchev–Trinajstić information content (AvgIpc) is 2.66. The van der Waals surface area contributed by atoms with Crippen LogP contribution in [-0.4, -0.2) is 15.4 Å². The number of hydrogen-bond acceptors (Lipinski definition) is 4. The van der Waals surface area contributed by atoms with Gasteiger partial charge in [0.1, 0.15) is 10.6 Å². The molecule has 94 valence electrons. The van der Waals surface area contributed by atoms with Crippen LogP contribution in [0, 0.1) is 13.8 Å². The Morgan fingerprint density at radius 1 is 1.44 bits per heavy atom. The summed E-state index contributed by atoms with van der Waals surface area (Å²) in [4.78, 5) is 11.2. The molecule has 1 aromatic heterocycles. The van der Waals surface area contributed by atoms with Gasteiger partial charge >= 0.3 is 5.97 Å². The largest absolute Gasteiger partial charge is 0.478 e. The zero-order valence-corrected chi connectivity index (χ0v) is 12.2. The van der Waals surface area contributed by atoms with Crippen molar-refractivity contribution in [2.24, 2.45) is 0 Å². The number of nitrogens with zero attached hydrogens (tertiary/aromatic N) is 1. The van der Waals surface area contributed by atoms with E-state index in [-0.39, 0.29) is 5.56 Å². The third-order valence-electron chi connectivity index (χ3n) is 2.52. The van der Waals surface area contributed by atoms with Crippen LogP contribution in [0.25, 0.3) is 0 Å². The van der Waals surface area contributed by atoms with E-state index in [2.05, 4.69) is 25.6 Å². The molecule has 0 unspecified atom stereocenters. The van der Waals surface area contributed by atoms with Crippen LogP contribution in [0.4, 0.5) is 10.7 Å². The Balaban J connectivity index is 2.41. The third kappa shape index (κ3) is 2.39. The highest BCUT2D eigenvalue weighted by molar-refractivity contribution is 9.10. The van der Waals surface area contributed by atoms with Crippen molar-refractivity contribution in [1.29, 1.82) is 0 Å². The molecule has 4 nitrogen and oxygen atoms in total. The fourth-order valence-electron chi connectivity index (χ4n) is 1.57. The lowest BCUT2D eigenvalue weighted by Gasteiger charge is -2.09. The predicted octanol–water partition coefficient (Wildman–Crippen LogP) is 3.96. The molecular weight excluding hydrogens is 316 g/mol. The number of carbonyl (C=O) groups is 1. The maximum atomic E-state index is 11.2. The van der Waals surface area contributed by atoms with Gasteiger partial charge in [0.05, 0.1) is 11.4 Å². The zero-order chi connectivity index (χ0) is 13.3. The van der Waals surface area contributed by atoms with Crippen LogP contribution in [0.1, 0.15) is 21.6 Å². The topological polar surface area (TPSA) is 62.2 Å². The number of hydrogen-bond donors (Lipinski definition) is 2. The second kappa shape index (κ2) is 5.07. The molecule has 2 rings (SSSR count). The van der Waals surface area contributed by atoms with Gasteiger partial charge in [-0.2, -0.15) is 4.37 Å². The van der Waals surface area contributed by atoms with Gasteiger partial charge in [0.25, 0.3) is 0 Å². The summed E-state index contributed by atoms with van der Waals surface area (Å²) >= 11 is 4.63. The summed E-state index contributed by atoms with van der Waals surface area (Å²) < 4.78 is 4.99. The standard InChI is InChI=1S/C12H11BrN2O2S/c1-6-4-3-5-8(10(6)13)14-11-9(12(16)17)7(2)15-18-11/h3-5,14H,1-2H3,(H,16,17). The van der Waals surface area contributed by atoms with Gasteiger partial charge in [0, 0.05) is 4.47 Å². The van der Waals surface area contributed by atoms with E-state index < -0.39 is 5.97 Å². The minimum absolute atomic E-state index is 0.230. The molecule has 2 aromatic rings. The number of anilines is 2. The average molecular weight is 327 g/mol. The molecule has 1 heterocycles. The molecule has 0 aliphatic heterocycles. The van der Waals surface area contributed by atoms with Gasteiger partial charge in [-0.25, -0.2) is 4.79 Å².